The molecule has 0 radical (unpaired) electrons. The average Bonchev–Trinajstić information content (AvgIpc) is 2.74. The van der Waals surface area contributed by atoms with E-state index in [1.165, 1.54) is 30.6 Å². The van der Waals surface area contributed by atoms with Gasteiger partial charge in [0, 0.05) is 11.4 Å². The van der Waals surface area contributed by atoms with Crippen LogP contribution in [0.25, 0.3) is 0 Å². The van der Waals surface area contributed by atoms with Crippen LogP contribution in [-0.4, -0.2) is 37.0 Å². The van der Waals surface area contributed by atoms with Gasteiger partial charge >= 0.3 is 0 Å². The highest BCUT2D eigenvalue weighted by Crippen LogP contribution is 2.09. The number of nitrogens with zero attached hydrogens (tertiary/aromatic N) is 1. The fraction of sp³-hybridized carbons (Fsp3) is 0.643. The number of likely N-dealkylation sites (tertiary alicyclic amines) is 1. The molecule has 2 rings (SSSR count). The largest absolute Gasteiger partial charge is 0.355 e. The van der Waals surface area contributed by atoms with E-state index < -0.39 is 0 Å². The van der Waals surface area contributed by atoms with Crippen LogP contribution >= 0.6 is 11.3 Å². The zero-order valence-electron chi connectivity index (χ0n) is 10.9. The standard InChI is InChI=1S/C14H22N2OS/c17-14(12-16-9-3-1-2-4-10-16)15-8-7-13-6-5-11-18-13/h5-6,11H,1-4,7-10,12H2,(H,15,17). The van der Waals surface area contributed by atoms with Gasteiger partial charge in [0.2, 0.25) is 5.91 Å². The first-order chi connectivity index (χ1) is 8.84. The fourth-order valence-electron chi connectivity index (χ4n) is 2.33. The van der Waals surface area contributed by atoms with Crippen molar-refractivity contribution in [2.24, 2.45) is 0 Å². The maximum absolute atomic E-state index is 11.8. The lowest BCUT2D eigenvalue weighted by Crippen LogP contribution is -2.38. The van der Waals surface area contributed by atoms with Crippen LogP contribution in [0.1, 0.15) is 30.6 Å². The van der Waals surface area contributed by atoms with E-state index in [-0.39, 0.29) is 5.91 Å². The summed E-state index contributed by atoms with van der Waals surface area (Å²) >= 11 is 1.75. The molecule has 1 N–H and O–H groups in total. The monoisotopic (exact) mass is 266 g/mol. The molecule has 0 aromatic carbocycles. The van der Waals surface area contributed by atoms with Crippen LogP contribution in [0, 0.1) is 0 Å². The lowest BCUT2D eigenvalue weighted by atomic mass is 10.2. The zero-order valence-corrected chi connectivity index (χ0v) is 11.7. The van der Waals surface area contributed by atoms with Crippen molar-refractivity contribution in [2.45, 2.75) is 32.1 Å². The first kappa shape index (κ1) is 13.6. The highest BCUT2D eigenvalue weighted by Gasteiger charge is 2.12. The number of hydrogen-bond acceptors (Lipinski definition) is 3. The normalized spacial score (nSPS) is 17.3. The van der Waals surface area contributed by atoms with Gasteiger partial charge < -0.3 is 5.32 Å². The Hall–Kier alpha value is -0.870. The highest BCUT2D eigenvalue weighted by atomic mass is 32.1. The summed E-state index contributed by atoms with van der Waals surface area (Å²) in [6.45, 7) is 3.49. The van der Waals surface area contributed by atoms with Crippen LogP contribution in [0.2, 0.25) is 0 Å². The third-order valence-corrected chi connectivity index (χ3v) is 4.28. The summed E-state index contributed by atoms with van der Waals surface area (Å²) in [6.07, 6.45) is 6.06. The number of hydrogen-bond donors (Lipinski definition) is 1. The minimum absolute atomic E-state index is 0.174. The smallest absolute Gasteiger partial charge is 0.234 e. The number of rotatable bonds is 5. The highest BCUT2D eigenvalue weighted by molar-refractivity contribution is 7.09. The van der Waals surface area contributed by atoms with E-state index >= 15 is 0 Å². The maximum atomic E-state index is 11.8. The SMILES string of the molecule is O=C(CN1CCCCCC1)NCCc1cccs1. The molecule has 100 valence electrons. The third kappa shape index (κ3) is 4.78. The molecule has 1 aromatic rings. The Morgan fingerprint density at radius 1 is 1.28 bits per heavy atom. The lowest BCUT2D eigenvalue weighted by Gasteiger charge is -2.18. The first-order valence-corrected chi connectivity index (χ1v) is 7.74. The van der Waals surface area contributed by atoms with E-state index in [9.17, 15) is 4.79 Å². The number of carbonyl (C=O) groups excluding carboxylic acids is 1. The van der Waals surface area contributed by atoms with Crippen LogP contribution in [0.5, 0.6) is 0 Å². The Labute approximate surface area is 113 Å². The van der Waals surface area contributed by atoms with Crippen molar-refractivity contribution >= 4 is 17.2 Å². The summed E-state index contributed by atoms with van der Waals surface area (Å²) in [4.78, 5) is 15.4. The minimum Gasteiger partial charge on any atom is -0.355 e. The Morgan fingerprint density at radius 2 is 2.06 bits per heavy atom. The van der Waals surface area contributed by atoms with E-state index in [2.05, 4.69) is 27.7 Å². The van der Waals surface area contributed by atoms with Crippen LogP contribution < -0.4 is 5.32 Å². The molecule has 1 aliphatic rings. The van der Waals surface area contributed by atoms with Crippen LogP contribution in [-0.2, 0) is 11.2 Å². The van der Waals surface area contributed by atoms with Gasteiger partial charge in [-0.05, 0) is 43.8 Å². The summed E-state index contributed by atoms with van der Waals surface area (Å²) in [5, 5.41) is 5.09. The molecule has 1 fully saturated rings. The molecule has 2 heterocycles. The van der Waals surface area contributed by atoms with E-state index in [1.54, 1.807) is 11.3 Å². The van der Waals surface area contributed by atoms with Crippen molar-refractivity contribution in [3.05, 3.63) is 22.4 Å². The number of carbonyl (C=O) groups is 1. The third-order valence-electron chi connectivity index (χ3n) is 3.34. The van der Waals surface area contributed by atoms with E-state index in [1.807, 2.05) is 0 Å². The fourth-order valence-corrected chi connectivity index (χ4v) is 3.04. The average molecular weight is 266 g/mol. The maximum Gasteiger partial charge on any atom is 0.234 e. The summed E-state index contributed by atoms with van der Waals surface area (Å²) in [5.41, 5.74) is 0. The van der Waals surface area contributed by atoms with E-state index in [0.717, 1.165) is 26.1 Å². The number of thiophene rings is 1. The van der Waals surface area contributed by atoms with Gasteiger partial charge in [-0.2, -0.15) is 0 Å². The second-order valence-electron chi connectivity index (χ2n) is 4.87. The van der Waals surface area contributed by atoms with Gasteiger partial charge in [-0.15, -0.1) is 11.3 Å². The molecule has 0 spiro atoms. The van der Waals surface area contributed by atoms with Crippen molar-refractivity contribution in [1.29, 1.82) is 0 Å². The Kier molecular flexibility index (Phi) is 5.68. The van der Waals surface area contributed by atoms with Crippen molar-refractivity contribution in [3.8, 4) is 0 Å². The quantitative estimate of drug-likeness (QED) is 0.887. The van der Waals surface area contributed by atoms with Gasteiger partial charge in [-0.3, -0.25) is 9.69 Å². The van der Waals surface area contributed by atoms with Gasteiger partial charge in [0.05, 0.1) is 6.54 Å². The molecular formula is C14H22N2OS. The minimum atomic E-state index is 0.174. The Bertz CT molecular complexity index is 343. The van der Waals surface area contributed by atoms with Gasteiger partial charge in [-0.25, -0.2) is 0 Å². The van der Waals surface area contributed by atoms with Crippen molar-refractivity contribution in [1.82, 2.24) is 10.2 Å². The summed E-state index contributed by atoms with van der Waals surface area (Å²) in [6, 6.07) is 4.17. The van der Waals surface area contributed by atoms with Crippen molar-refractivity contribution in [3.63, 3.8) is 0 Å². The molecule has 0 saturated carbocycles. The molecule has 3 nitrogen and oxygen atoms in total. The molecule has 1 saturated heterocycles. The predicted molar refractivity (Wildman–Crippen MR) is 75.9 cm³/mol. The van der Waals surface area contributed by atoms with E-state index in [4.69, 9.17) is 0 Å². The molecule has 4 heteroatoms. The molecule has 1 amide bonds. The van der Waals surface area contributed by atoms with Gasteiger partial charge in [0.25, 0.3) is 0 Å². The molecule has 18 heavy (non-hydrogen) atoms. The van der Waals surface area contributed by atoms with Crippen molar-refractivity contribution < 1.29 is 4.79 Å². The van der Waals surface area contributed by atoms with Gasteiger partial charge in [0.15, 0.2) is 0 Å². The second kappa shape index (κ2) is 7.54. The zero-order chi connectivity index (χ0) is 12.6. The summed E-state index contributed by atoms with van der Waals surface area (Å²) in [5.74, 6) is 0.174. The Morgan fingerprint density at radius 3 is 2.72 bits per heavy atom. The van der Waals surface area contributed by atoms with Crippen LogP contribution in [0.4, 0.5) is 0 Å². The topological polar surface area (TPSA) is 32.3 Å². The van der Waals surface area contributed by atoms with Crippen LogP contribution in [0.15, 0.2) is 17.5 Å². The second-order valence-corrected chi connectivity index (χ2v) is 5.90. The van der Waals surface area contributed by atoms with Gasteiger partial charge in [-0.1, -0.05) is 18.9 Å². The number of nitrogens with one attached hydrogen (secondary N) is 1. The number of amides is 1. The molecule has 0 atom stereocenters. The summed E-state index contributed by atoms with van der Waals surface area (Å²) < 4.78 is 0. The van der Waals surface area contributed by atoms with Crippen LogP contribution in [0.3, 0.4) is 0 Å². The molecule has 1 aromatic heterocycles. The first-order valence-electron chi connectivity index (χ1n) is 6.86. The van der Waals surface area contributed by atoms with Gasteiger partial charge in [0.1, 0.15) is 0 Å². The lowest BCUT2D eigenvalue weighted by molar-refractivity contribution is -0.122. The van der Waals surface area contributed by atoms with E-state index in [0.29, 0.717) is 6.54 Å². The summed E-state index contributed by atoms with van der Waals surface area (Å²) in [7, 11) is 0. The molecule has 1 aliphatic heterocycles. The Balaban J connectivity index is 1.62. The van der Waals surface area contributed by atoms with Crippen molar-refractivity contribution in [2.75, 3.05) is 26.2 Å². The molecular weight excluding hydrogens is 244 g/mol. The molecule has 0 aliphatic carbocycles. The predicted octanol–water partition coefficient (Wildman–Crippen LogP) is 2.28. The molecule has 0 bridgehead atoms. The molecule has 0 unspecified atom stereocenters.